The Hall–Kier alpha value is -2.49. The predicted octanol–water partition coefficient (Wildman–Crippen LogP) is 2.27. The van der Waals surface area contributed by atoms with Crippen molar-refractivity contribution in [1.29, 1.82) is 0 Å². The van der Waals surface area contributed by atoms with E-state index < -0.39 is 0 Å². The Morgan fingerprint density at radius 2 is 2.00 bits per heavy atom. The molecule has 2 aromatic rings. The summed E-state index contributed by atoms with van der Waals surface area (Å²) in [5.74, 6) is -0.234. The second-order valence-corrected chi connectivity index (χ2v) is 4.05. The summed E-state index contributed by atoms with van der Waals surface area (Å²) in [5.41, 5.74) is 1.59. The van der Waals surface area contributed by atoms with Gasteiger partial charge in [0, 0.05) is 11.8 Å². The molecule has 1 amide bonds. The topological polar surface area (TPSA) is 47.2 Å². The number of amides is 1. The quantitative estimate of drug-likeness (QED) is 0.771. The molecule has 0 bridgehead atoms. The number of benzene rings is 1. The minimum absolute atomic E-state index is 0.234. The van der Waals surface area contributed by atoms with Crippen molar-refractivity contribution in [3.05, 3.63) is 65.8 Å². The second-order valence-electron chi connectivity index (χ2n) is 4.05. The molecule has 0 aliphatic heterocycles. The zero-order valence-electron chi connectivity index (χ0n) is 10.9. The molecule has 0 N–H and O–H groups in total. The summed E-state index contributed by atoms with van der Waals surface area (Å²) in [7, 11) is 0. The molecule has 19 heavy (non-hydrogen) atoms. The second kappa shape index (κ2) is 5.91. The van der Waals surface area contributed by atoms with Gasteiger partial charge in [-0.05, 0) is 32.0 Å². The van der Waals surface area contributed by atoms with E-state index in [-0.39, 0.29) is 5.91 Å². The molecule has 4 nitrogen and oxygen atoms in total. The van der Waals surface area contributed by atoms with Gasteiger partial charge in [-0.3, -0.25) is 4.79 Å². The lowest BCUT2D eigenvalue weighted by molar-refractivity contribution is -0.114. The van der Waals surface area contributed by atoms with Crippen LogP contribution in [0.4, 0.5) is 0 Å². The summed E-state index contributed by atoms with van der Waals surface area (Å²) < 4.78 is 1.73. The highest BCUT2D eigenvalue weighted by atomic mass is 16.1. The van der Waals surface area contributed by atoms with Gasteiger partial charge in [-0.2, -0.15) is 5.10 Å². The Morgan fingerprint density at radius 3 is 2.58 bits per heavy atom. The highest BCUT2D eigenvalue weighted by Crippen LogP contribution is 2.02. The lowest BCUT2D eigenvalue weighted by Crippen LogP contribution is -2.11. The van der Waals surface area contributed by atoms with Gasteiger partial charge in [0.15, 0.2) is 0 Å². The molecule has 0 fully saturated rings. The third kappa shape index (κ3) is 3.25. The maximum atomic E-state index is 11.6. The summed E-state index contributed by atoms with van der Waals surface area (Å²) >= 11 is 0. The van der Waals surface area contributed by atoms with E-state index >= 15 is 0 Å². The van der Waals surface area contributed by atoms with Gasteiger partial charge in [0.1, 0.15) is 0 Å². The van der Waals surface area contributed by atoms with Crippen molar-refractivity contribution in [2.24, 2.45) is 4.99 Å². The van der Waals surface area contributed by atoms with Crippen molar-refractivity contribution in [2.45, 2.75) is 13.8 Å². The summed E-state index contributed by atoms with van der Waals surface area (Å²) in [5, 5.41) is 4.79. The van der Waals surface area contributed by atoms with Gasteiger partial charge in [0.2, 0.25) is 0 Å². The van der Waals surface area contributed by atoms with Gasteiger partial charge < -0.3 is 0 Å². The highest BCUT2D eigenvalue weighted by Gasteiger charge is 1.99. The third-order valence-electron chi connectivity index (χ3n) is 2.72. The van der Waals surface area contributed by atoms with Crippen LogP contribution in [0.1, 0.15) is 13.8 Å². The van der Waals surface area contributed by atoms with E-state index in [2.05, 4.69) is 10.1 Å². The van der Waals surface area contributed by atoms with Crippen molar-refractivity contribution in [1.82, 2.24) is 9.78 Å². The average Bonchev–Trinajstić information content (AvgIpc) is 2.48. The van der Waals surface area contributed by atoms with E-state index in [0.717, 1.165) is 5.69 Å². The van der Waals surface area contributed by atoms with Gasteiger partial charge in [-0.25, -0.2) is 9.67 Å². The standard InChI is InChI=1S/C15H15N3O/c1-3-12(2)15(19)17-13-9-10-18(16-11-13)14-7-5-4-6-8-14/h3-11H,1-2H3/b12-3?,17-13+. The molecule has 1 heterocycles. The molecule has 2 rings (SSSR count). The van der Waals surface area contributed by atoms with Crippen LogP contribution >= 0.6 is 0 Å². The Kier molecular flexibility index (Phi) is 4.03. The van der Waals surface area contributed by atoms with Gasteiger partial charge in [0.25, 0.3) is 5.91 Å². The number of allylic oxidation sites excluding steroid dienone is 1. The molecule has 1 aromatic heterocycles. The fourth-order valence-electron chi connectivity index (χ4n) is 1.48. The molecule has 0 unspecified atom stereocenters. The number of aromatic nitrogens is 2. The molecule has 0 spiro atoms. The lowest BCUT2D eigenvalue weighted by atomic mass is 10.3. The van der Waals surface area contributed by atoms with Gasteiger partial charge in [0.05, 0.1) is 17.2 Å². The fraction of sp³-hybridized carbons (Fsp3) is 0.133. The van der Waals surface area contributed by atoms with Crippen LogP contribution in [-0.4, -0.2) is 15.7 Å². The van der Waals surface area contributed by atoms with Crippen molar-refractivity contribution >= 4 is 5.91 Å². The van der Waals surface area contributed by atoms with Crippen molar-refractivity contribution in [2.75, 3.05) is 0 Å². The molecule has 0 radical (unpaired) electrons. The normalized spacial score (nSPS) is 12.5. The Labute approximate surface area is 111 Å². The van der Waals surface area contributed by atoms with Crippen LogP contribution in [0.3, 0.4) is 0 Å². The summed E-state index contributed by atoms with van der Waals surface area (Å²) in [6.07, 6.45) is 5.10. The molecule has 0 atom stereocenters. The van der Waals surface area contributed by atoms with E-state index in [0.29, 0.717) is 10.9 Å². The van der Waals surface area contributed by atoms with Crippen LogP contribution in [0.15, 0.2) is 65.4 Å². The Bertz CT molecular complexity index is 649. The molecule has 0 saturated carbocycles. The average molecular weight is 253 g/mol. The molecule has 96 valence electrons. The van der Waals surface area contributed by atoms with Crippen molar-refractivity contribution in [3.63, 3.8) is 0 Å². The minimum Gasteiger partial charge on any atom is -0.267 e. The van der Waals surface area contributed by atoms with E-state index in [9.17, 15) is 4.79 Å². The van der Waals surface area contributed by atoms with Crippen LogP contribution < -0.4 is 5.36 Å². The number of hydrogen-bond acceptors (Lipinski definition) is 2. The van der Waals surface area contributed by atoms with Gasteiger partial charge >= 0.3 is 0 Å². The Balaban J connectivity index is 2.29. The van der Waals surface area contributed by atoms with E-state index in [1.807, 2.05) is 37.3 Å². The van der Waals surface area contributed by atoms with Crippen LogP contribution in [0.2, 0.25) is 0 Å². The number of nitrogens with zero attached hydrogens (tertiary/aromatic N) is 3. The molecule has 0 aliphatic carbocycles. The summed E-state index contributed by atoms with van der Waals surface area (Å²) in [4.78, 5) is 15.6. The fourth-order valence-corrected chi connectivity index (χ4v) is 1.48. The SMILES string of the molecule is CC=C(C)C(=O)/N=c1\ccn(-c2ccccc2)nc1. The first-order chi connectivity index (χ1) is 9.20. The molecule has 1 aromatic carbocycles. The minimum atomic E-state index is -0.234. The first kappa shape index (κ1) is 13.0. The first-order valence-corrected chi connectivity index (χ1v) is 6.03. The Morgan fingerprint density at radius 1 is 1.26 bits per heavy atom. The monoisotopic (exact) mass is 253 g/mol. The molecule has 4 heteroatoms. The van der Waals surface area contributed by atoms with Crippen molar-refractivity contribution in [3.8, 4) is 5.69 Å². The maximum Gasteiger partial charge on any atom is 0.272 e. The largest absolute Gasteiger partial charge is 0.272 e. The summed E-state index contributed by atoms with van der Waals surface area (Å²) in [6.45, 7) is 3.56. The highest BCUT2D eigenvalue weighted by molar-refractivity contribution is 5.93. The molecule has 0 saturated heterocycles. The van der Waals surface area contributed by atoms with E-state index in [1.54, 1.807) is 36.1 Å². The van der Waals surface area contributed by atoms with Crippen LogP contribution in [0.5, 0.6) is 0 Å². The lowest BCUT2D eigenvalue weighted by Gasteiger charge is -2.03. The maximum absolute atomic E-state index is 11.6. The predicted molar refractivity (Wildman–Crippen MR) is 73.6 cm³/mol. The molecule has 0 aliphatic rings. The zero-order valence-corrected chi connectivity index (χ0v) is 10.9. The van der Waals surface area contributed by atoms with Crippen molar-refractivity contribution < 1.29 is 4.79 Å². The van der Waals surface area contributed by atoms with E-state index in [1.165, 1.54) is 0 Å². The van der Waals surface area contributed by atoms with Gasteiger partial charge in [-0.15, -0.1) is 0 Å². The number of carbonyl (C=O) groups excluding carboxylic acids is 1. The number of para-hydroxylation sites is 1. The number of hydrogen-bond donors (Lipinski definition) is 0. The van der Waals surface area contributed by atoms with E-state index in [4.69, 9.17) is 0 Å². The molecular weight excluding hydrogens is 238 g/mol. The smallest absolute Gasteiger partial charge is 0.267 e. The van der Waals surface area contributed by atoms with Gasteiger partial charge in [-0.1, -0.05) is 24.3 Å². The van der Waals surface area contributed by atoms with Crippen LogP contribution in [-0.2, 0) is 4.79 Å². The first-order valence-electron chi connectivity index (χ1n) is 6.03. The van der Waals surface area contributed by atoms with Crippen LogP contribution in [0, 0.1) is 0 Å². The number of carbonyl (C=O) groups is 1. The number of rotatable bonds is 2. The molecular formula is C15H15N3O. The van der Waals surface area contributed by atoms with Crippen LogP contribution in [0.25, 0.3) is 5.69 Å². The third-order valence-corrected chi connectivity index (χ3v) is 2.72. The summed E-state index contributed by atoms with van der Waals surface area (Å²) in [6, 6.07) is 11.5. The zero-order chi connectivity index (χ0) is 13.7.